The maximum atomic E-state index is 15.7. The van der Waals surface area contributed by atoms with Crippen LogP contribution < -0.4 is 16.9 Å². The summed E-state index contributed by atoms with van der Waals surface area (Å²) in [6.45, 7) is -5.98. The normalized spacial score (nSPS) is 30.3. The zero-order valence-electron chi connectivity index (χ0n) is 22.2. The second kappa shape index (κ2) is 12.4. The molecule has 25 heteroatoms. The van der Waals surface area contributed by atoms with Gasteiger partial charge in [0, 0.05) is 6.20 Å². The van der Waals surface area contributed by atoms with Crippen LogP contribution in [-0.2, 0) is 39.4 Å². The van der Waals surface area contributed by atoms with Gasteiger partial charge in [0.2, 0.25) is 5.95 Å². The maximum Gasteiger partial charge on any atom is 0.582 e. The zero-order chi connectivity index (χ0) is 32.2. The average molecular weight is 713 g/mol. The van der Waals surface area contributed by atoms with Crippen molar-refractivity contribution in [1.82, 2.24) is 39.5 Å². The molecule has 0 radical (unpaired) electrons. The number of halogens is 2. The predicted molar refractivity (Wildman–Crippen MR) is 154 cm³/mol. The molecule has 6 rings (SSSR count). The fourth-order valence-electron chi connectivity index (χ4n) is 5.00. The van der Waals surface area contributed by atoms with E-state index < -0.39 is 87.5 Å². The highest BCUT2D eigenvalue weighted by Gasteiger charge is 2.53. The number of aromatic amines is 2. The first kappa shape index (κ1) is 32.1. The minimum absolute atomic E-state index is 0.0798. The number of ether oxygens (including phenoxy) is 2. The van der Waals surface area contributed by atoms with Crippen LogP contribution in [0.15, 0.2) is 28.2 Å². The fourth-order valence-corrected chi connectivity index (χ4v) is 7.19. The molecule has 19 nitrogen and oxygen atoms in total. The smallest absolute Gasteiger partial charge is 0.394 e. The average Bonchev–Trinajstić information content (AvgIpc) is 3.73. The molecular weight excluding hydrogens is 690 g/mol. The Kier molecular flexibility index (Phi) is 8.86. The van der Waals surface area contributed by atoms with Crippen LogP contribution in [0.1, 0.15) is 12.5 Å². The van der Waals surface area contributed by atoms with Crippen molar-refractivity contribution in [2.75, 3.05) is 18.9 Å². The molecule has 2 aliphatic rings. The Bertz CT molecular complexity index is 1930. The van der Waals surface area contributed by atoms with Gasteiger partial charge in [-0.1, -0.05) is 5.21 Å². The number of rotatable bonds is 10. The predicted octanol–water partition coefficient (Wildman–Crippen LogP) is -0.111. The number of anilines is 1. The molecule has 0 spiro atoms. The van der Waals surface area contributed by atoms with Gasteiger partial charge in [0.1, 0.15) is 36.2 Å². The summed E-state index contributed by atoms with van der Waals surface area (Å²) in [4.78, 5) is 47.8. The number of hydrogen-bond acceptors (Lipinski definition) is 15. The van der Waals surface area contributed by atoms with Crippen molar-refractivity contribution in [2.45, 2.75) is 49.2 Å². The third-order valence-electron chi connectivity index (χ3n) is 6.96. The number of aliphatic hydroxyl groups excluding tert-OH is 1. The standard InChI is InChI=1S/C20H21F2N9O10P2S2/c21-9-7(3-32)38-19(31-15-11(28-29-31)17(34)27-20(23)26-15)13(9)41-43(36,45)37-4-8-12(40-42(35)44)10(22)18(39-8)30-2-1-6-14(30)24-5-25-16(6)33/h1-2,5,7-10,12-13,18-19,32H,3-4H2,(H5-,23,24,25,26,27,29,33,34,35,36,44,45)/p+1. The molecule has 4 aromatic heterocycles. The first-order valence-electron chi connectivity index (χ1n) is 12.7. The van der Waals surface area contributed by atoms with E-state index in [1.165, 1.54) is 16.8 Å². The van der Waals surface area contributed by atoms with Crippen molar-refractivity contribution >= 4 is 66.1 Å². The minimum atomic E-state index is -4.45. The Hall–Kier alpha value is -2.82. The first-order chi connectivity index (χ1) is 21.4. The molecule has 2 saturated heterocycles. The number of thiol groups is 1. The molecule has 0 amide bonds. The van der Waals surface area contributed by atoms with Gasteiger partial charge < -0.3 is 39.3 Å². The van der Waals surface area contributed by atoms with E-state index >= 15 is 8.78 Å². The molecule has 4 aromatic rings. The maximum absolute atomic E-state index is 15.7. The van der Waals surface area contributed by atoms with Crippen molar-refractivity contribution in [3.63, 3.8) is 0 Å². The van der Waals surface area contributed by atoms with Gasteiger partial charge in [0.05, 0.1) is 24.9 Å². The molecule has 2 aliphatic heterocycles. The van der Waals surface area contributed by atoms with E-state index in [0.717, 1.165) is 11.0 Å². The van der Waals surface area contributed by atoms with Crippen LogP contribution in [0.3, 0.4) is 0 Å². The highest BCUT2D eigenvalue weighted by atomic mass is 32.7. The lowest BCUT2D eigenvalue weighted by atomic mass is 10.1. The number of nitrogens with one attached hydrogen (secondary N) is 2. The number of aromatic nitrogens is 8. The lowest BCUT2D eigenvalue weighted by Crippen LogP contribution is -2.34. The lowest BCUT2D eigenvalue weighted by molar-refractivity contribution is -0.0587. The number of nitrogen functional groups attached to an aromatic ring is 1. The van der Waals surface area contributed by atoms with Crippen LogP contribution in [-0.4, -0.2) is 99.5 Å². The van der Waals surface area contributed by atoms with Crippen LogP contribution in [0.25, 0.3) is 22.2 Å². The SMILES string of the molecule is Nc1nc2c(nnn2C2OC(CO)C(F)C2OP(O)(=S)OCC2OC(n3ccc4c(=O)[nH]cnc43)C(F)C2O[P+](=O)S)c(=O)[nH]1. The van der Waals surface area contributed by atoms with Gasteiger partial charge in [0.15, 0.2) is 42.1 Å². The van der Waals surface area contributed by atoms with E-state index in [1.54, 1.807) is 0 Å². The number of hydrogen-bond donors (Lipinski definition) is 6. The molecule has 0 bridgehead atoms. The number of H-pyrrole nitrogens is 2. The summed E-state index contributed by atoms with van der Waals surface area (Å²) in [5.74, 6) is -0.311. The van der Waals surface area contributed by atoms with Gasteiger partial charge in [-0.25, -0.2) is 13.8 Å². The van der Waals surface area contributed by atoms with E-state index in [0.29, 0.717) is 0 Å². The van der Waals surface area contributed by atoms with E-state index in [1.807, 2.05) is 0 Å². The minimum Gasteiger partial charge on any atom is -0.394 e. The quantitative estimate of drug-likeness (QED) is 0.0926. The van der Waals surface area contributed by atoms with Crippen LogP contribution in [0, 0.1) is 0 Å². The summed E-state index contributed by atoms with van der Waals surface area (Å²) in [6.07, 6.45) is -10.9. The third-order valence-corrected chi connectivity index (χ3v) is 9.23. The zero-order valence-corrected chi connectivity index (χ0v) is 25.7. The molecule has 6 heterocycles. The Labute approximate surface area is 259 Å². The van der Waals surface area contributed by atoms with Gasteiger partial charge >= 0.3 is 13.9 Å². The number of nitrogens with two attached hydrogens (primary N) is 1. The molecule has 6 N–H and O–H groups in total. The van der Waals surface area contributed by atoms with E-state index in [2.05, 4.69) is 42.5 Å². The number of fused-ring (bicyclic) bond motifs is 2. The highest BCUT2D eigenvalue weighted by Crippen LogP contribution is 2.51. The Morgan fingerprint density at radius 1 is 1.18 bits per heavy atom. The van der Waals surface area contributed by atoms with Crippen molar-refractivity contribution < 1.29 is 46.4 Å². The van der Waals surface area contributed by atoms with Gasteiger partial charge in [-0.15, -0.1) is 9.62 Å². The van der Waals surface area contributed by atoms with Crippen molar-refractivity contribution in [1.29, 1.82) is 0 Å². The summed E-state index contributed by atoms with van der Waals surface area (Å²) in [5, 5.41) is 17.2. The van der Waals surface area contributed by atoms with Crippen molar-refractivity contribution in [2.24, 2.45) is 0 Å². The summed E-state index contributed by atoms with van der Waals surface area (Å²) in [7, 11) is -2.66. The molecule has 2 fully saturated rings. The van der Waals surface area contributed by atoms with Gasteiger partial charge in [0.25, 0.3) is 11.1 Å². The molecular formula is C20H22F2N9O10P2S2+. The summed E-state index contributed by atoms with van der Waals surface area (Å²) >= 11 is 8.78. The fraction of sp³-hybridized carbons (Fsp3) is 0.500. The summed E-state index contributed by atoms with van der Waals surface area (Å²) in [5.41, 5.74) is 3.97. The topological polar surface area (TPSA) is 257 Å². The highest BCUT2D eigenvalue weighted by molar-refractivity contribution is 8.39. The van der Waals surface area contributed by atoms with Crippen molar-refractivity contribution in [3.8, 4) is 0 Å². The molecule has 45 heavy (non-hydrogen) atoms. The second-order valence-corrected chi connectivity index (χ2v) is 14.1. The van der Waals surface area contributed by atoms with Crippen molar-refractivity contribution in [3.05, 3.63) is 39.3 Å². The second-order valence-electron chi connectivity index (χ2n) is 9.69. The largest absolute Gasteiger partial charge is 0.582 e. The van der Waals surface area contributed by atoms with E-state index in [9.17, 15) is 24.2 Å². The third kappa shape index (κ3) is 6.05. The monoisotopic (exact) mass is 712 g/mol. The van der Waals surface area contributed by atoms with E-state index in [-0.39, 0.29) is 28.1 Å². The van der Waals surface area contributed by atoms with E-state index in [4.69, 9.17) is 40.6 Å². The first-order valence-corrected chi connectivity index (χ1v) is 17.6. The van der Waals surface area contributed by atoms with Gasteiger partial charge in [-0.05, 0) is 22.4 Å². The van der Waals surface area contributed by atoms with Crippen LogP contribution >= 0.6 is 26.2 Å². The molecule has 10 atom stereocenters. The molecule has 10 unspecified atom stereocenters. The van der Waals surface area contributed by atoms with Gasteiger partial charge in [-0.3, -0.25) is 19.1 Å². The number of nitrogens with zero attached hydrogens (tertiary/aromatic N) is 6. The number of alkyl halides is 2. The molecule has 242 valence electrons. The molecule has 0 aromatic carbocycles. The van der Waals surface area contributed by atoms with Crippen LogP contribution in [0.2, 0.25) is 0 Å². The molecule has 0 saturated carbocycles. The number of aliphatic hydroxyl groups is 1. The summed E-state index contributed by atoms with van der Waals surface area (Å²) in [6, 6.07) is 1.39. The Morgan fingerprint density at radius 3 is 2.67 bits per heavy atom. The van der Waals surface area contributed by atoms with Crippen LogP contribution in [0.4, 0.5) is 14.7 Å². The van der Waals surface area contributed by atoms with Gasteiger partial charge in [-0.2, -0.15) is 9.67 Å². The Morgan fingerprint density at radius 2 is 1.93 bits per heavy atom. The Balaban J connectivity index is 1.23. The van der Waals surface area contributed by atoms with Crippen LogP contribution in [0.5, 0.6) is 0 Å². The summed E-state index contributed by atoms with van der Waals surface area (Å²) < 4.78 is 72.2. The lowest BCUT2D eigenvalue weighted by Gasteiger charge is -2.25. The molecule has 0 aliphatic carbocycles.